The topological polar surface area (TPSA) is 129 Å². The van der Waals surface area contributed by atoms with Crippen molar-refractivity contribution < 1.29 is 23.2 Å². The summed E-state index contributed by atoms with van der Waals surface area (Å²) in [5.41, 5.74) is -0.624. The van der Waals surface area contributed by atoms with Gasteiger partial charge in [0.2, 0.25) is 10.0 Å². The molecule has 110 valence electrons. The fourth-order valence-corrected chi connectivity index (χ4v) is 3.03. The second-order valence-electron chi connectivity index (χ2n) is 4.39. The van der Waals surface area contributed by atoms with Gasteiger partial charge in [-0.15, -0.1) is 0 Å². The minimum atomic E-state index is -4.34. The molecule has 0 radical (unpaired) electrons. The van der Waals surface area contributed by atoms with Crippen molar-refractivity contribution in [3.8, 4) is 0 Å². The van der Waals surface area contributed by atoms with Crippen molar-refractivity contribution >= 4 is 21.7 Å². The van der Waals surface area contributed by atoms with Crippen LogP contribution in [0, 0.1) is 16.0 Å². The molecular weight excluding hydrogens is 288 g/mol. The molecule has 1 N–H and O–H groups in total. The van der Waals surface area contributed by atoms with Crippen LogP contribution >= 0.6 is 0 Å². The highest BCUT2D eigenvalue weighted by atomic mass is 32.2. The van der Waals surface area contributed by atoms with Gasteiger partial charge in [-0.1, -0.05) is 26.0 Å². The number of para-hydroxylation sites is 1. The van der Waals surface area contributed by atoms with Crippen LogP contribution in [0.3, 0.4) is 0 Å². The maximum atomic E-state index is 12.1. The highest BCUT2D eigenvalue weighted by molar-refractivity contribution is 7.89. The normalized spacial score (nSPS) is 13.2. The average Bonchev–Trinajstić information content (AvgIpc) is 2.35. The highest BCUT2D eigenvalue weighted by Crippen LogP contribution is 2.23. The van der Waals surface area contributed by atoms with Crippen molar-refractivity contribution in [3.63, 3.8) is 0 Å². The largest absolute Gasteiger partial charge is 0.548 e. The van der Waals surface area contributed by atoms with Crippen LogP contribution in [0.5, 0.6) is 0 Å². The Kier molecular flexibility index (Phi) is 4.79. The van der Waals surface area contributed by atoms with Gasteiger partial charge >= 0.3 is 0 Å². The van der Waals surface area contributed by atoms with E-state index < -0.39 is 43.5 Å². The Hall–Kier alpha value is -2.00. The zero-order valence-corrected chi connectivity index (χ0v) is 11.6. The first-order chi connectivity index (χ1) is 9.16. The molecule has 0 aliphatic carbocycles. The Morgan fingerprint density at radius 2 is 1.85 bits per heavy atom. The molecule has 1 atom stereocenters. The Morgan fingerprint density at radius 1 is 1.30 bits per heavy atom. The van der Waals surface area contributed by atoms with Crippen molar-refractivity contribution in [2.24, 2.45) is 5.92 Å². The second kappa shape index (κ2) is 5.97. The summed E-state index contributed by atoms with van der Waals surface area (Å²) >= 11 is 0. The Morgan fingerprint density at radius 3 is 2.30 bits per heavy atom. The lowest BCUT2D eigenvalue weighted by Crippen LogP contribution is -2.50. The summed E-state index contributed by atoms with van der Waals surface area (Å²) in [4.78, 5) is 20.3. The molecule has 0 saturated heterocycles. The predicted octanol–water partition coefficient (Wildman–Crippen LogP) is -0.352. The third-order valence-electron chi connectivity index (χ3n) is 2.55. The molecule has 0 spiro atoms. The average molecular weight is 301 g/mol. The van der Waals surface area contributed by atoms with Crippen LogP contribution in [-0.2, 0) is 14.8 Å². The van der Waals surface area contributed by atoms with Crippen LogP contribution in [0.2, 0.25) is 0 Å². The van der Waals surface area contributed by atoms with Crippen molar-refractivity contribution in [1.29, 1.82) is 0 Å². The third-order valence-corrected chi connectivity index (χ3v) is 4.04. The maximum absolute atomic E-state index is 12.1. The molecule has 20 heavy (non-hydrogen) atoms. The second-order valence-corrected chi connectivity index (χ2v) is 6.07. The van der Waals surface area contributed by atoms with Crippen molar-refractivity contribution in [1.82, 2.24) is 4.72 Å². The van der Waals surface area contributed by atoms with E-state index in [-0.39, 0.29) is 0 Å². The number of aliphatic carboxylic acids is 1. The van der Waals surface area contributed by atoms with Gasteiger partial charge in [0, 0.05) is 6.07 Å². The monoisotopic (exact) mass is 301 g/mol. The number of nitrogens with one attached hydrogen (secondary N) is 1. The predicted molar refractivity (Wildman–Crippen MR) is 67.1 cm³/mol. The van der Waals surface area contributed by atoms with E-state index in [0.29, 0.717) is 0 Å². The van der Waals surface area contributed by atoms with Gasteiger partial charge in [-0.2, -0.15) is 0 Å². The molecule has 0 amide bonds. The molecular formula is C11H13N2O6S-. The first kappa shape index (κ1) is 16.1. The molecule has 1 aromatic rings. The lowest BCUT2D eigenvalue weighted by atomic mass is 10.1. The zero-order chi connectivity index (χ0) is 15.5. The van der Waals surface area contributed by atoms with Crippen molar-refractivity contribution in [2.75, 3.05) is 0 Å². The fourth-order valence-electron chi connectivity index (χ4n) is 1.52. The summed E-state index contributed by atoms with van der Waals surface area (Å²) in [6, 6.07) is 3.21. The van der Waals surface area contributed by atoms with E-state index in [1.807, 2.05) is 4.72 Å². The van der Waals surface area contributed by atoms with E-state index in [0.717, 1.165) is 12.1 Å². The maximum Gasteiger partial charge on any atom is 0.289 e. The number of carboxylic acid groups (broad SMARTS) is 1. The van der Waals surface area contributed by atoms with Crippen molar-refractivity contribution in [2.45, 2.75) is 24.8 Å². The molecule has 0 fully saturated rings. The van der Waals surface area contributed by atoms with Crippen molar-refractivity contribution in [3.05, 3.63) is 34.4 Å². The molecule has 0 saturated carbocycles. The Labute approximate surface area is 115 Å². The lowest BCUT2D eigenvalue weighted by molar-refractivity contribution is -0.387. The van der Waals surface area contributed by atoms with Crippen LogP contribution < -0.4 is 9.83 Å². The minimum absolute atomic E-state index is 0.572. The summed E-state index contributed by atoms with van der Waals surface area (Å²) in [6.45, 7) is 2.98. The summed E-state index contributed by atoms with van der Waals surface area (Å²) in [5, 5.41) is 21.7. The molecule has 0 bridgehead atoms. The molecule has 0 aliphatic heterocycles. The van der Waals surface area contributed by atoms with E-state index in [2.05, 4.69) is 0 Å². The number of rotatable bonds is 6. The summed E-state index contributed by atoms with van der Waals surface area (Å²) < 4.78 is 26.0. The number of benzene rings is 1. The van der Waals surface area contributed by atoms with Gasteiger partial charge in [-0.25, -0.2) is 13.1 Å². The SMILES string of the molecule is CC(C)[C@@H](NS(=O)(=O)c1ccccc1[N+](=O)[O-])C(=O)[O-]. The third kappa shape index (κ3) is 3.52. The lowest BCUT2D eigenvalue weighted by Gasteiger charge is -2.22. The zero-order valence-electron chi connectivity index (χ0n) is 10.8. The van der Waals surface area contributed by atoms with Crippen LogP contribution in [0.4, 0.5) is 5.69 Å². The van der Waals surface area contributed by atoms with E-state index in [4.69, 9.17) is 0 Å². The number of nitro groups is 1. The molecule has 1 aromatic carbocycles. The number of carbonyl (C=O) groups excluding carboxylic acids is 1. The number of nitro benzene ring substituents is 1. The van der Waals surface area contributed by atoms with Gasteiger partial charge in [0.25, 0.3) is 5.69 Å². The van der Waals surface area contributed by atoms with Gasteiger partial charge in [0.05, 0.1) is 16.9 Å². The molecule has 0 aromatic heterocycles. The van der Waals surface area contributed by atoms with E-state index in [1.54, 1.807) is 0 Å². The first-order valence-corrected chi connectivity index (χ1v) is 7.11. The first-order valence-electron chi connectivity index (χ1n) is 5.63. The quantitative estimate of drug-likeness (QED) is 0.564. The van der Waals surface area contributed by atoms with Gasteiger partial charge in [-0.05, 0) is 12.0 Å². The van der Waals surface area contributed by atoms with Gasteiger partial charge < -0.3 is 9.90 Å². The van der Waals surface area contributed by atoms with E-state index >= 15 is 0 Å². The number of hydrogen-bond donors (Lipinski definition) is 1. The molecule has 0 unspecified atom stereocenters. The Bertz CT molecular complexity index is 626. The Balaban J connectivity index is 3.24. The molecule has 0 heterocycles. The number of sulfonamides is 1. The van der Waals surface area contributed by atoms with Crippen LogP contribution in [0.15, 0.2) is 29.2 Å². The summed E-state index contributed by atoms with van der Waals surface area (Å²) in [6.07, 6.45) is 0. The molecule has 9 heteroatoms. The molecule has 0 aliphatic rings. The van der Waals surface area contributed by atoms with E-state index in [9.17, 15) is 28.4 Å². The van der Waals surface area contributed by atoms with E-state index in [1.165, 1.54) is 26.0 Å². The smallest absolute Gasteiger partial charge is 0.289 e. The summed E-state index contributed by atoms with van der Waals surface area (Å²) in [7, 11) is -4.34. The highest BCUT2D eigenvalue weighted by Gasteiger charge is 2.29. The minimum Gasteiger partial charge on any atom is -0.548 e. The van der Waals surface area contributed by atoms with Gasteiger partial charge in [-0.3, -0.25) is 10.1 Å². The number of carboxylic acids is 1. The number of nitrogens with zero attached hydrogens (tertiary/aromatic N) is 1. The standard InChI is InChI=1S/C11H14N2O6S/c1-7(2)10(11(14)15)12-20(18,19)9-6-4-3-5-8(9)13(16)17/h3-7,10,12H,1-2H3,(H,14,15)/p-1/t10-/m1/s1. The van der Waals surface area contributed by atoms with Gasteiger partial charge in [0.1, 0.15) is 0 Å². The van der Waals surface area contributed by atoms with Crippen LogP contribution in [0.25, 0.3) is 0 Å². The van der Waals surface area contributed by atoms with Crippen LogP contribution in [0.1, 0.15) is 13.8 Å². The number of hydrogen-bond acceptors (Lipinski definition) is 6. The molecule has 1 rings (SSSR count). The fraction of sp³-hybridized carbons (Fsp3) is 0.364. The number of carbonyl (C=O) groups is 1. The van der Waals surface area contributed by atoms with Crippen LogP contribution in [-0.4, -0.2) is 25.4 Å². The summed E-state index contributed by atoms with van der Waals surface area (Å²) in [5.74, 6) is -2.17. The van der Waals surface area contributed by atoms with Gasteiger partial charge in [0.15, 0.2) is 4.90 Å². The molecule has 8 nitrogen and oxygen atoms in total.